The maximum atomic E-state index is 11.5. The van der Waals surface area contributed by atoms with E-state index in [9.17, 15) is 20.1 Å². The van der Waals surface area contributed by atoms with Crippen LogP contribution in [0, 0.1) is 5.92 Å². The Balaban J connectivity index is 1.96. The highest BCUT2D eigenvalue weighted by atomic mass is 16.3. The molecule has 150 valence electrons. The third-order valence-corrected chi connectivity index (χ3v) is 6.01. The second-order valence-electron chi connectivity index (χ2n) is 8.01. The van der Waals surface area contributed by atoms with Crippen LogP contribution in [-0.2, 0) is 4.79 Å². The van der Waals surface area contributed by atoms with Crippen molar-refractivity contribution < 1.29 is 20.1 Å². The van der Waals surface area contributed by atoms with Crippen molar-refractivity contribution in [3.8, 4) is 11.5 Å². The summed E-state index contributed by atoms with van der Waals surface area (Å²) in [4.78, 5) is 13.3. The van der Waals surface area contributed by atoms with Gasteiger partial charge in [0.05, 0.1) is 6.10 Å². The van der Waals surface area contributed by atoms with Crippen molar-refractivity contribution in [2.45, 2.75) is 45.6 Å². The number of rotatable bonds is 3. The second-order valence-corrected chi connectivity index (χ2v) is 8.01. The Bertz CT molecular complexity index is 844. The Kier molecular flexibility index (Phi) is 5.66. The average Bonchev–Trinajstić information content (AvgIpc) is 2.63. The molecule has 5 nitrogen and oxygen atoms in total. The molecule has 3 rings (SSSR count). The maximum absolute atomic E-state index is 11.5. The van der Waals surface area contributed by atoms with Crippen LogP contribution in [0.4, 0.5) is 0 Å². The Morgan fingerprint density at radius 2 is 1.86 bits per heavy atom. The smallest absolute Gasteiger partial charge is 0.219 e. The minimum atomic E-state index is -0.530. The molecule has 0 aromatic heterocycles. The number of allylic oxidation sites excluding steroid dienone is 2. The fourth-order valence-electron chi connectivity index (χ4n) is 4.24. The summed E-state index contributed by atoms with van der Waals surface area (Å²) < 4.78 is 0. The van der Waals surface area contributed by atoms with E-state index < -0.39 is 6.10 Å². The van der Waals surface area contributed by atoms with E-state index in [1.807, 2.05) is 26.0 Å². The SMILES string of the molecule is C=C(C)[C@@H]1C[C@H](O)C(C)=C[C@H]1c1c(O)cc(C2=CCN(C(C)=O)CC2)cc1O. The molecule has 0 fully saturated rings. The fourth-order valence-corrected chi connectivity index (χ4v) is 4.24. The van der Waals surface area contributed by atoms with Crippen LogP contribution in [0.15, 0.2) is 42.0 Å². The van der Waals surface area contributed by atoms with Gasteiger partial charge in [-0.3, -0.25) is 4.79 Å². The van der Waals surface area contributed by atoms with Gasteiger partial charge in [0.25, 0.3) is 0 Å². The summed E-state index contributed by atoms with van der Waals surface area (Å²) in [5.74, 6) is -0.158. The summed E-state index contributed by atoms with van der Waals surface area (Å²) >= 11 is 0. The zero-order valence-electron chi connectivity index (χ0n) is 16.8. The van der Waals surface area contributed by atoms with Crippen LogP contribution in [0.3, 0.4) is 0 Å². The highest BCUT2D eigenvalue weighted by molar-refractivity contribution is 5.76. The van der Waals surface area contributed by atoms with Crippen LogP contribution in [-0.4, -0.2) is 45.3 Å². The number of hydrogen-bond acceptors (Lipinski definition) is 4. The molecular formula is C23H29NO4. The Morgan fingerprint density at radius 3 is 2.36 bits per heavy atom. The Hall–Kier alpha value is -2.53. The number of hydrogen-bond donors (Lipinski definition) is 3. The largest absolute Gasteiger partial charge is 0.507 e. The van der Waals surface area contributed by atoms with Gasteiger partial charge in [0.1, 0.15) is 11.5 Å². The number of carbonyl (C=O) groups is 1. The van der Waals surface area contributed by atoms with E-state index in [0.29, 0.717) is 31.5 Å². The molecule has 1 heterocycles. The highest BCUT2D eigenvalue weighted by Gasteiger charge is 2.33. The highest BCUT2D eigenvalue weighted by Crippen LogP contribution is 2.47. The molecule has 1 aromatic rings. The number of carbonyl (C=O) groups excluding carboxylic acids is 1. The number of phenolic OH excluding ortho intramolecular Hbond substituents is 2. The zero-order chi connectivity index (χ0) is 20.6. The number of aliphatic hydroxyl groups excluding tert-OH is 1. The van der Waals surface area contributed by atoms with Gasteiger partial charge in [-0.05, 0) is 61.4 Å². The van der Waals surface area contributed by atoms with E-state index in [1.54, 1.807) is 24.0 Å². The molecule has 0 bridgehead atoms. The maximum Gasteiger partial charge on any atom is 0.219 e. The molecule has 0 saturated carbocycles. The van der Waals surface area contributed by atoms with Gasteiger partial charge in [0.2, 0.25) is 5.91 Å². The van der Waals surface area contributed by atoms with Gasteiger partial charge in [-0.2, -0.15) is 0 Å². The molecule has 0 radical (unpaired) electrons. The molecule has 0 unspecified atom stereocenters. The van der Waals surface area contributed by atoms with Crippen molar-refractivity contribution in [3.63, 3.8) is 0 Å². The second kappa shape index (κ2) is 7.84. The zero-order valence-corrected chi connectivity index (χ0v) is 16.8. The molecule has 0 saturated heterocycles. The Morgan fingerprint density at radius 1 is 1.21 bits per heavy atom. The monoisotopic (exact) mass is 383 g/mol. The molecule has 2 aliphatic rings. The van der Waals surface area contributed by atoms with E-state index >= 15 is 0 Å². The number of aliphatic hydroxyl groups is 1. The lowest BCUT2D eigenvalue weighted by Gasteiger charge is -2.34. The molecule has 28 heavy (non-hydrogen) atoms. The summed E-state index contributed by atoms with van der Waals surface area (Å²) in [5, 5.41) is 31.8. The average molecular weight is 383 g/mol. The third kappa shape index (κ3) is 3.85. The molecule has 1 aliphatic heterocycles. The molecule has 3 N–H and O–H groups in total. The van der Waals surface area contributed by atoms with Crippen LogP contribution < -0.4 is 0 Å². The van der Waals surface area contributed by atoms with Crippen molar-refractivity contribution in [2.24, 2.45) is 5.92 Å². The van der Waals surface area contributed by atoms with Gasteiger partial charge in [-0.25, -0.2) is 0 Å². The normalized spacial score (nSPS) is 25.1. The third-order valence-electron chi connectivity index (χ3n) is 6.01. The van der Waals surface area contributed by atoms with E-state index in [2.05, 4.69) is 6.58 Å². The molecule has 1 aromatic carbocycles. The van der Waals surface area contributed by atoms with Gasteiger partial charge >= 0.3 is 0 Å². The van der Waals surface area contributed by atoms with E-state index in [-0.39, 0.29) is 29.2 Å². The molecule has 1 aliphatic carbocycles. The topological polar surface area (TPSA) is 81.0 Å². The first-order valence-electron chi connectivity index (χ1n) is 9.71. The first-order chi connectivity index (χ1) is 13.2. The number of amides is 1. The lowest BCUT2D eigenvalue weighted by molar-refractivity contribution is -0.128. The minimum absolute atomic E-state index is 0.0431. The molecule has 3 atom stereocenters. The number of phenols is 2. The van der Waals surface area contributed by atoms with Crippen molar-refractivity contribution in [2.75, 3.05) is 13.1 Å². The van der Waals surface area contributed by atoms with Crippen LogP contribution in [0.2, 0.25) is 0 Å². The first kappa shape index (κ1) is 20.2. The number of nitrogens with zero attached hydrogens (tertiary/aromatic N) is 1. The van der Waals surface area contributed by atoms with Gasteiger partial charge < -0.3 is 20.2 Å². The van der Waals surface area contributed by atoms with E-state index in [4.69, 9.17) is 0 Å². The summed E-state index contributed by atoms with van der Waals surface area (Å²) in [6.07, 6.45) is 4.57. The van der Waals surface area contributed by atoms with E-state index in [1.165, 1.54) is 0 Å². The van der Waals surface area contributed by atoms with Crippen molar-refractivity contribution in [1.82, 2.24) is 4.90 Å². The first-order valence-corrected chi connectivity index (χ1v) is 9.71. The van der Waals surface area contributed by atoms with Crippen molar-refractivity contribution in [1.29, 1.82) is 0 Å². The molecule has 1 amide bonds. The van der Waals surface area contributed by atoms with Gasteiger partial charge in [-0.1, -0.05) is 24.3 Å². The Labute approximate surface area is 166 Å². The molecular weight excluding hydrogens is 354 g/mol. The van der Waals surface area contributed by atoms with Gasteiger partial charge in [0, 0.05) is 31.5 Å². The van der Waals surface area contributed by atoms with Crippen LogP contribution in [0.5, 0.6) is 11.5 Å². The lowest BCUT2D eigenvalue weighted by atomic mass is 9.72. The molecule has 0 spiro atoms. The quantitative estimate of drug-likeness (QED) is 0.695. The predicted octanol–water partition coefficient (Wildman–Crippen LogP) is 3.72. The van der Waals surface area contributed by atoms with E-state index in [0.717, 1.165) is 22.3 Å². The fraction of sp³-hybridized carbons (Fsp3) is 0.435. The number of aromatic hydroxyl groups is 2. The lowest BCUT2D eigenvalue weighted by Crippen LogP contribution is -2.32. The summed E-state index contributed by atoms with van der Waals surface area (Å²) in [5.41, 5.74) is 4.01. The molecule has 5 heteroatoms. The van der Waals surface area contributed by atoms with Crippen LogP contribution >= 0.6 is 0 Å². The van der Waals surface area contributed by atoms with Gasteiger partial charge in [0.15, 0.2) is 0 Å². The van der Waals surface area contributed by atoms with Crippen molar-refractivity contribution >= 4 is 11.5 Å². The number of benzene rings is 1. The van der Waals surface area contributed by atoms with Crippen molar-refractivity contribution in [3.05, 3.63) is 53.1 Å². The van der Waals surface area contributed by atoms with Gasteiger partial charge in [-0.15, -0.1) is 0 Å². The summed E-state index contributed by atoms with van der Waals surface area (Å²) in [6, 6.07) is 3.38. The van der Waals surface area contributed by atoms with Crippen LogP contribution in [0.25, 0.3) is 5.57 Å². The summed E-state index contributed by atoms with van der Waals surface area (Å²) in [7, 11) is 0. The van der Waals surface area contributed by atoms with Crippen LogP contribution in [0.1, 0.15) is 50.7 Å². The standard InChI is InChI=1S/C23H29NO4/c1-13(2)18-12-20(26)14(3)9-19(18)23-21(27)10-17(11-22(23)28)16-5-7-24(8-6-16)15(4)25/h5,9-11,18-20,26-28H,1,6-8,12H2,2-4H3/t18-,19+,20-/m0/s1. The predicted molar refractivity (Wildman–Crippen MR) is 110 cm³/mol. The summed E-state index contributed by atoms with van der Waals surface area (Å²) in [6.45, 7) is 10.5. The minimum Gasteiger partial charge on any atom is -0.507 e.